The lowest BCUT2D eigenvalue weighted by Gasteiger charge is -2.22. The molecule has 17 heavy (non-hydrogen) atoms. The predicted octanol–water partition coefficient (Wildman–Crippen LogP) is 0.661. The average molecular weight is 243 g/mol. The quantitative estimate of drug-likeness (QED) is 0.404. The van der Waals surface area contributed by atoms with Crippen LogP contribution < -0.4 is 0 Å². The normalized spacial score (nSPS) is 19.2. The molecular weight excluding hydrogens is 218 g/mol. The van der Waals surface area contributed by atoms with Gasteiger partial charge in [-0.25, -0.2) is 0 Å². The maximum atomic E-state index is 5.68. The van der Waals surface area contributed by atoms with Crippen LogP contribution in [0.4, 0.5) is 0 Å². The first-order valence-corrected chi connectivity index (χ1v) is 6.19. The second kappa shape index (κ2) is 7.50. The molecule has 1 fully saturated rings. The third-order valence-corrected chi connectivity index (χ3v) is 2.60. The summed E-state index contributed by atoms with van der Waals surface area (Å²) < 4.78 is 10.9. The summed E-state index contributed by atoms with van der Waals surface area (Å²) in [5.41, 5.74) is 0. The Hall–Kier alpha value is -0.810. The van der Waals surface area contributed by atoms with Crippen molar-refractivity contribution >= 4 is 5.96 Å². The standard InChI is InChI=1S/C12H25N3O2/c1-14(2)12(15(3)4)13-7-5-8-17-11-6-9-16-10-11/h11H,5-10H2,1-4H3. The fraction of sp³-hybridized carbons (Fsp3) is 0.917. The van der Waals surface area contributed by atoms with Crippen molar-refractivity contribution in [1.29, 1.82) is 0 Å². The molecule has 0 bridgehead atoms. The summed E-state index contributed by atoms with van der Waals surface area (Å²) in [7, 11) is 8.02. The van der Waals surface area contributed by atoms with Gasteiger partial charge < -0.3 is 19.3 Å². The largest absolute Gasteiger partial charge is 0.379 e. The van der Waals surface area contributed by atoms with Gasteiger partial charge in [-0.2, -0.15) is 0 Å². The molecule has 1 atom stereocenters. The maximum Gasteiger partial charge on any atom is 0.195 e. The molecule has 0 aromatic carbocycles. The summed E-state index contributed by atoms with van der Waals surface area (Å²) in [5, 5.41) is 0. The first kappa shape index (κ1) is 14.3. The molecule has 1 aliphatic heterocycles. The van der Waals surface area contributed by atoms with Gasteiger partial charge >= 0.3 is 0 Å². The van der Waals surface area contributed by atoms with Crippen molar-refractivity contribution in [2.45, 2.75) is 18.9 Å². The highest BCUT2D eigenvalue weighted by Gasteiger charge is 2.15. The fourth-order valence-electron chi connectivity index (χ4n) is 1.82. The second-order valence-electron chi connectivity index (χ2n) is 4.68. The van der Waals surface area contributed by atoms with Gasteiger partial charge in [0.2, 0.25) is 0 Å². The van der Waals surface area contributed by atoms with Crippen LogP contribution in [0.15, 0.2) is 4.99 Å². The minimum absolute atomic E-state index is 0.307. The fourth-order valence-corrected chi connectivity index (χ4v) is 1.82. The van der Waals surface area contributed by atoms with Gasteiger partial charge in [0.1, 0.15) is 0 Å². The van der Waals surface area contributed by atoms with Gasteiger partial charge in [0, 0.05) is 47.9 Å². The molecule has 0 spiro atoms. The molecule has 5 heteroatoms. The van der Waals surface area contributed by atoms with Crippen molar-refractivity contribution < 1.29 is 9.47 Å². The van der Waals surface area contributed by atoms with Crippen LogP contribution in [0, 0.1) is 0 Å². The summed E-state index contributed by atoms with van der Waals surface area (Å²) in [4.78, 5) is 8.58. The van der Waals surface area contributed by atoms with E-state index in [2.05, 4.69) is 4.99 Å². The number of hydrogen-bond acceptors (Lipinski definition) is 3. The molecule has 0 aromatic rings. The Morgan fingerprint density at radius 2 is 2.00 bits per heavy atom. The monoisotopic (exact) mass is 243 g/mol. The minimum Gasteiger partial charge on any atom is -0.379 e. The summed E-state index contributed by atoms with van der Waals surface area (Å²) in [5.74, 6) is 0.995. The maximum absolute atomic E-state index is 5.68. The van der Waals surface area contributed by atoms with Gasteiger partial charge in [-0.1, -0.05) is 0 Å². The third-order valence-electron chi connectivity index (χ3n) is 2.60. The lowest BCUT2D eigenvalue weighted by molar-refractivity contribution is 0.0424. The zero-order valence-electron chi connectivity index (χ0n) is 11.5. The molecule has 0 aliphatic carbocycles. The predicted molar refractivity (Wildman–Crippen MR) is 69.5 cm³/mol. The summed E-state index contributed by atoms with van der Waals surface area (Å²) in [6, 6.07) is 0. The SMILES string of the molecule is CN(C)C(=NCCCOC1CCOC1)N(C)C. The highest BCUT2D eigenvalue weighted by molar-refractivity contribution is 5.79. The van der Waals surface area contributed by atoms with E-state index in [0.29, 0.717) is 6.10 Å². The van der Waals surface area contributed by atoms with Crippen LogP contribution in [-0.2, 0) is 9.47 Å². The summed E-state index contributed by atoms with van der Waals surface area (Å²) >= 11 is 0. The molecule has 1 heterocycles. The number of guanidine groups is 1. The summed E-state index contributed by atoms with van der Waals surface area (Å²) in [6.07, 6.45) is 2.30. The molecule has 100 valence electrons. The van der Waals surface area contributed by atoms with Crippen molar-refractivity contribution in [3.8, 4) is 0 Å². The molecule has 0 saturated carbocycles. The zero-order valence-corrected chi connectivity index (χ0v) is 11.5. The first-order chi connectivity index (χ1) is 8.11. The van der Waals surface area contributed by atoms with Crippen LogP contribution in [0.25, 0.3) is 0 Å². The van der Waals surface area contributed by atoms with Crippen LogP contribution in [-0.4, -0.2) is 76.4 Å². The molecular formula is C12H25N3O2. The smallest absolute Gasteiger partial charge is 0.195 e. The number of aliphatic imine (C=N–C) groups is 1. The van der Waals surface area contributed by atoms with E-state index in [1.165, 1.54) is 0 Å². The van der Waals surface area contributed by atoms with Gasteiger partial charge in [0.15, 0.2) is 5.96 Å². The van der Waals surface area contributed by atoms with Crippen LogP contribution in [0.2, 0.25) is 0 Å². The van der Waals surface area contributed by atoms with Gasteiger partial charge in [-0.3, -0.25) is 4.99 Å². The van der Waals surface area contributed by atoms with Gasteiger partial charge in [0.05, 0.1) is 12.7 Å². The Balaban J connectivity index is 2.14. The number of hydrogen-bond donors (Lipinski definition) is 0. The number of ether oxygens (including phenoxy) is 2. The molecule has 0 aromatic heterocycles. The Bertz CT molecular complexity index is 226. The van der Waals surface area contributed by atoms with E-state index >= 15 is 0 Å². The molecule has 5 nitrogen and oxygen atoms in total. The van der Waals surface area contributed by atoms with Gasteiger partial charge in [-0.15, -0.1) is 0 Å². The van der Waals surface area contributed by atoms with E-state index in [-0.39, 0.29) is 0 Å². The van der Waals surface area contributed by atoms with Crippen LogP contribution in [0.1, 0.15) is 12.8 Å². The van der Waals surface area contributed by atoms with Crippen molar-refractivity contribution in [3.63, 3.8) is 0 Å². The van der Waals surface area contributed by atoms with Crippen LogP contribution in [0.3, 0.4) is 0 Å². The molecule has 1 rings (SSSR count). The third kappa shape index (κ3) is 5.37. The van der Waals surface area contributed by atoms with Crippen molar-refractivity contribution in [2.24, 2.45) is 4.99 Å². The Kier molecular flexibility index (Phi) is 6.29. The number of rotatable bonds is 5. The molecule has 0 radical (unpaired) electrons. The number of nitrogens with zero attached hydrogens (tertiary/aromatic N) is 3. The van der Waals surface area contributed by atoms with Gasteiger partial charge in [-0.05, 0) is 12.8 Å². The van der Waals surface area contributed by atoms with E-state index in [0.717, 1.165) is 45.2 Å². The van der Waals surface area contributed by atoms with Crippen LogP contribution >= 0.6 is 0 Å². The Morgan fingerprint density at radius 3 is 2.53 bits per heavy atom. The Labute approximate surface area is 104 Å². The van der Waals surface area contributed by atoms with Crippen LogP contribution in [0.5, 0.6) is 0 Å². The van der Waals surface area contributed by atoms with Crippen molar-refractivity contribution in [2.75, 3.05) is 54.6 Å². The van der Waals surface area contributed by atoms with E-state index < -0.39 is 0 Å². The van der Waals surface area contributed by atoms with E-state index in [9.17, 15) is 0 Å². The Morgan fingerprint density at radius 1 is 1.29 bits per heavy atom. The van der Waals surface area contributed by atoms with E-state index in [4.69, 9.17) is 9.47 Å². The van der Waals surface area contributed by atoms with Crippen molar-refractivity contribution in [1.82, 2.24) is 9.80 Å². The molecule has 0 amide bonds. The van der Waals surface area contributed by atoms with Gasteiger partial charge in [0.25, 0.3) is 0 Å². The summed E-state index contributed by atoms with van der Waals surface area (Å²) in [6.45, 7) is 3.17. The highest BCUT2D eigenvalue weighted by atomic mass is 16.5. The zero-order chi connectivity index (χ0) is 12.7. The molecule has 0 N–H and O–H groups in total. The second-order valence-corrected chi connectivity index (χ2v) is 4.68. The molecule has 1 aliphatic rings. The average Bonchev–Trinajstić information content (AvgIpc) is 2.74. The van der Waals surface area contributed by atoms with Crippen molar-refractivity contribution in [3.05, 3.63) is 0 Å². The lowest BCUT2D eigenvalue weighted by atomic mass is 10.3. The molecule has 1 unspecified atom stereocenters. The molecule has 1 saturated heterocycles. The topological polar surface area (TPSA) is 37.3 Å². The minimum atomic E-state index is 0.307. The van der Waals surface area contributed by atoms with E-state index in [1.807, 2.05) is 38.0 Å². The highest BCUT2D eigenvalue weighted by Crippen LogP contribution is 2.08. The first-order valence-electron chi connectivity index (χ1n) is 6.19. The lowest BCUT2D eigenvalue weighted by Crippen LogP contribution is -2.35. The van der Waals surface area contributed by atoms with E-state index in [1.54, 1.807) is 0 Å².